The number of benzene rings is 3. The molecule has 3 aromatic rings. The van der Waals surface area contributed by atoms with Gasteiger partial charge in [0.25, 0.3) is 0 Å². The topological polar surface area (TPSA) is 0 Å². The summed E-state index contributed by atoms with van der Waals surface area (Å²) in [6.45, 7) is 2.29. The summed E-state index contributed by atoms with van der Waals surface area (Å²) in [4.78, 5) is 0. The molecule has 0 N–H and O–H groups in total. The normalized spacial score (nSPS) is 11.4. The van der Waals surface area contributed by atoms with Gasteiger partial charge >= 0.3 is 0 Å². The Balaban J connectivity index is 1.60. The monoisotopic (exact) mass is 318 g/mol. The molecule has 0 aliphatic carbocycles. The molecule has 0 saturated carbocycles. The first-order valence-corrected chi connectivity index (χ1v) is 9.79. The van der Waals surface area contributed by atoms with E-state index in [1.54, 1.807) is 0 Å². The van der Waals surface area contributed by atoms with Gasteiger partial charge in [-0.2, -0.15) is 0 Å². The van der Waals surface area contributed by atoms with E-state index in [1.165, 1.54) is 84.9 Å². The molecule has 0 fully saturated rings. The van der Waals surface area contributed by atoms with Crippen LogP contribution in [0.1, 0.15) is 63.9 Å². The number of hydrogen-bond donors (Lipinski definition) is 0. The van der Waals surface area contributed by atoms with Gasteiger partial charge in [0.15, 0.2) is 0 Å². The van der Waals surface area contributed by atoms with Crippen LogP contribution in [-0.4, -0.2) is 0 Å². The molecule has 0 aliphatic heterocycles. The van der Waals surface area contributed by atoms with Crippen molar-refractivity contribution in [3.63, 3.8) is 0 Å². The molecule has 126 valence electrons. The molecule has 0 aromatic heterocycles. The Bertz CT molecular complexity index is 769. The summed E-state index contributed by atoms with van der Waals surface area (Å²) in [6.07, 6.45) is 12.3. The van der Waals surface area contributed by atoms with Crippen LogP contribution in [0.2, 0.25) is 0 Å². The predicted octanol–water partition coefficient (Wildman–Crippen LogP) is 7.68. The summed E-state index contributed by atoms with van der Waals surface area (Å²) in [5.41, 5.74) is 1.52. The van der Waals surface area contributed by atoms with E-state index in [0.29, 0.717) is 0 Å². The van der Waals surface area contributed by atoms with Crippen LogP contribution in [0.15, 0.2) is 54.6 Å². The molecule has 0 atom stereocenters. The van der Waals surface area contributed by atoms with Crippen LogP contribution in [-0.2, 0) is 6.42 Å². The molecule has 0 aliphatic rings. The van der Waals surface area contributed by atoms with Crippen molar-refractivity contribution in [1.82, 2.24) is 0 Å². The number of hydrogen-bond acceptors (Lipinski definition) is 0. The molecule has 0 radical (unpaired) electrons. The van der Waals surface area contributed by atoms with E-state index in [0.717, 1.165) is 0 Å². The second kappa shape index (κ2) is 8.87. The predicted molar refractivity (Wildman–Crippen MR) is 108 cm³/mol. The van der Waals surface area contributed by atoms with E-state index in [4.69, 9.17) is 0 Å². The molecule has 0 saturated heterocycles. The van der Waals surface area contributed by atoms with E-state index in [2.05, 4.69) is 61.5 Å². The molecular weight excluding hydrogens is 288 g/mol. The summed E-state index contributed by atoms with van der Waals surface area (Å²) >= 11 is 0. The number of aryl methyl sites for hydroxylation is 1. The third kappa shape index (κ3) is 4.17. The highest BCUT2D eigenvalue weighted by Gasteiger charge is 2.04. The molecule has 0 heterocycles. The largest absolute Gasteiger partial charge is 0.0654 e. The van der Waals surface area contributed by atoms with Crippen molar-refractivity contribution < 1.29 is 0 Å². The average Bonchev–Trinajstić information content (AvgIpc) is 2.64. The summed E-state index contributed by atoms with van der Waals surface area (Å²) in [7, 11) is 0. The van der Waals surface area contributed by atoms with Crippen molar-refractivity contribution in [2.24, 2.45) is 0 Å². The molecule has 0 nitrogen and oxygen atoms in total. The summed E-state index contributed by atoms with van der Waals surface area (Å²) < 4.78 is 0. The van der Waals surface area contributed by atoms with Crippen LogP contribution < -0.4 is 0 Å². The maximum atomic E-state index is 2.32. The zero-order valence-electron chi connectivity index (χ0n) is 15.1. The van der Waals surface area contributed by atoms with Crippen molar-refractivity contribution in [3.05, 3.63) is 60.2 Å². The van der Waals surface area contributed by atoms with Crippen molar-refractivity contribution in [1.29, 1.82) is 0 Å². The standard InChI is InChI=1S/C24H30/c1-2-3-4-5-6-7-8-9-13-20-15-12-17-24-22-16-11-10-14-21(22)18-19-23(20)24/h10-12,14-19H,2-9,13H2,1H3. The van der Waals surface area contributed by atoms with Gasteiger partial charge in [-0.05, 0) is 39.9 Å². The highest BCUT2D eigenvalue weighted by Crippen LogP contribution is 2.28. The molecule has 0 heteroatoms. The van der Waals surface area contributed by atoms with Crippen LogP contribution in [0, 0.1) is 0 Å². The Labute approximate surface area is 146 Å². The summed E-state index contributed by atoms with van der Waals surface area (Å²) in [5, 5.41) is 5.58. The molecule has 3 aromatic carbocycles. The van der Waals surface area contributed by atoms with Gasteiger partial charge in [0, 0.05) is 0 Å². The number of unbranched alkanes of at least 4 members (excludes halogenated alkanes) is 7. The Morgan fingerprint density at radius 3 is 2.08 bits per heavy atom. The Morgan fingerprint density at radius 1 is 0.542 bits per heavy atom. The van der Waals surface area contributed by atoms with Gasteiger partial charge in [-0.3, -0.25) is 0 Å². The fourth-order valence-corrected chi connectivity index (χ4v) is 3.77. The van der Waals surface area contributed by atoms with Gasteiger partial charge in [0.1, 0.15) is 0 Å². The highest BCUT2D eigenvalue weighted by atomic mass is 14.1. The zero-order chi connectivity index (χ0) is 16.6. The highest BCUT2D eigenvalue weighted by molar-refractivity contribution is 6.08. The van der Waals surface area contributed by atoms with Crippen molar-refractivity contribution in [3.8, 4) is 0 Å². The molecule has 24 heavy (non-hydrogen) atoms. The first-order chi connectivity index (χ1) is 11.9. The summed E-state index contributed by atoms with van der Waals surface area (Å²) in [6, 6.07) is 20.1. The van der Waals surface area contributed by atoms with Crippen LogP contribution in [0.3, 0.4) is 0 Å². The van der Waals surface area contributed by atoms with E-state index in [1.807, 2.05) is 0 Å². The maximum Gasteiger partial charge on any atom is -0.0103 e. The van der Waals surface area contributed by atoms with Gasteiger partial charge in [-0.25, -0.2) is 0 Å². The fourth-order valence-electron chi connectivity index (χ4n) is 3.77. The lowest BCUT2D eigenvalue weighted by molar-refractivity contribution is 0.576. The van der Waals surface area contributed by atoms with E-state index >= 15 is 0 Å². The first-order valence-electron chi connectivity index (χ1n) is 9.79. The van der Waals surface area contributed by atoms with E-state index in [9.17, 15) is 0 Å². The molecule has 0 bridgehead atoms. The van der Waals surface area contributed by atoms with Gasteiger partial charge in [-0.1, -0.05) is 106 Å². The van der Waals surface area contributed by atoms with Gasteiger partial charge in [-0.15, -0.1) is 0 Å². The number of fused-ring (bicyclic) bond motifs is 3. The minimum Gasteiger partial charge on any atom is -0.0654 e. The molecule has 0 spiro atoms. The second-order valence-electron chi connectivity index (χ2n) is 7.02. The molecular formula is C24H30. The Kier molecular flexibility index (Phi) is 6.29. The lowest BCUT2D eigenvalue weighted by Crippen LogP contribution is -1.89. The lowest BCUT2D eigenvalue weighted by atomic mass is 9.95. The smallest absolute Gasteiger partial charge is 0.0103 e. The number of rotatable bonds is 9. The van der Waals surface area contributed by atoms with Crippen LogP contribution in [0.4, 0.5) is 0 Å². The van der Waals surface area contributed by atoms with Crippen molar-refractivity contribution in [2.75, 3.05) is 0 Å². The Hall–Kier alpha value is -1.82. The average molecular weight is 319 g/mol. The van der Waals surface area contributed by atoms with Crippen LogP contribution in [0.5, 0.6) is 0 Å². The quantitative estimate of drug-likeness (QED) is 0.280. The fraction of sp³-hybridized carbons (Fsp3) is 0.417. The summed E-state index contributed by atoms with van der Waals surface area (Å²) in [5.74, 6) is 0. The van der Waals surface area contributed by atoms with E-state index in [-0.39, 0.29) is 0 Å². The van der Waals surface area contributed by atoms with Crippen molar-refractivity contribution >= 4 is 21.5 Å². The van der Waals surface area contributed by atoms with Crippen LogP contribution in [0.25, 0.3) is 21.5 Å². The minimum absolute atomic E-state index is 1.21. The van der Waals surface area contributed by atoms with Gasteiger partial charge in [0.2, 0.25) is 0 Å². The third-order valence-electron chi connectivity index (χ3n) is 5.18. The molecule has 0 amide bonds. The minimum atomic E-state index is 1.21. The van der Waals surface area contributed by atoms with E-state index < -0.39 is 0 Å². The lowest BCUT2D eigenvalue weighted by Gasteiger charge is -2.09. The van der Waals surface area contributed by atoms with Gasteiger partial charge in [0.05, 0.1) is 0 Å². The Morgan fingerprint density at radius 2 is 1.25 bits per heavy atom. The SMILES string of the molecule is CCCCCCCCCCc1cccc2c1ccc1ccccc12. The zero-order valence-corrected chi connectivity index (χ0v) is 15.1. The second-order valence-corrected chi connectivity index (χ2v) is 7.02. The molecule has 3 rings (SSSR count). The van der Waals surface area contributed by atoms with Gasteiger partial charge < -0.3 is 0 Å². The first kappa shape index (κ1) is 17.0. The molecule has 0 unspecified atom stereocenters. The third-order valence-corrected chi connectivity index (χ3v) is 5.18. The maximum absolute atomic E-state index is 2.32. The van der Waals surface area contributed by atoms with Crippen molar-refractivity contribution in [2.45, 2.75) is 64.7 Å². The van der Waals surface area contributed by atoms with Crippen LogP contribution >= 0.6 is 0 Å².